The van der Waals surface area contributed by atoms with Crippen LogP contribution in [0, 0.1) is 6.92 Å². The van der Waals surface area contributed by atoms with Gasteiger partial charge in [0.15, 0.2) is 0 Å². The topological polar surface area (TPSA) is 53.2 Å². The Labute approximate surface area is 133 Å². The SMILES string of the molecule is CCC(Cl)NCCCNC(=O)Nc1cc(Br)ccc1C. The van der Waals surface area contributed by atoms with E-state index in [0.29, 0.717) is 6.54 Å². The number of carbonyl (C=O) groups is 1. The lowest BCUT2D eigenvalue weighted by Crippen LogP contribution is -2.32. The molecule has 6 heteroatoms. The fourth-order valence-corrected chi connectivity index (χ4v) is 2.06. The molecule has 0 saturated carbocycles. The standard InChI is InChI=1S/C14H21BrClN3O/c1-3-13(16)17-7-4-8-18-14(20)19-12-9-11(15)6-5-10(12)2/h5-6,9,13,17H,3-4,7-8H2,1-2H3,(H2,18,19,20). The molecule has 3 N–H and O–H groups in total. The molecule has 0 spiro atoms. The van der Waals surface area contributed by atoms with Gasteiger partial charge in [-0.1, -0.05) is 28.9 Å². The quantitative estimate of drug-likeness (QED) is 0.392. The Kier molecular flexibility index (Phi) is 7.95. The van der Waals surface area contributed by atoms with Crippen LogP contribution in [0.25, 0.3) is 0 Å². The molecule has 0 fully saturated rings. The Hall–Kier alpha value is -0.780. The largest absolute Gasteiger partial charge is 0.338 e. The maximum Gasteiger partial charge on any atom is 0.319 e. The summed E-state index contributed by atoms with van der Waals surface area (Å²) in [4.78, 5) is 11.7. The second-order valence-electron chi connectivity index (χ2n) is 4.52. The molecule has 1 atom stereocenters. The Morgan fingerprint density at radius 1 is 1.40 bits per heavy atom. The minimum absolute atomic E-state index is 0.00754. The number of rotatable bonds is 7. The van der Waals surface area contributed by atoms with E-state index in [9.17, 15) is 4.79 Å². The van der Waals surface area contributed by atoms with E-state index in [1.807, 2.05) is 32.0 Å². The lowest BCUT2D eigenvalue weighted by Gasteiger charge is -2.11. The lowest BCUT2D eigenvalue weighted by molar-refractivity contribution is 0.252. The second-order valence-corrected chi connectivity index (χ2v) is 5.97. The van der Waals surface area contributed by atoms with Crippen molar-refractivity contribution in [2.75, 3.05) is 18.4 Å². The van der Waals surface area contributed by atoms with Gasteiger partial charge >= 0.3 is 6.03 Å². The predicted molar refractivity (Wildman–Crippen MR) is 88.5 cm³/mol. The molecule has 1 aromatic rings. The number of benzene rings is 1. The fraction of sp³-hybridized carbons (Fsp3) is 0.500. The van der Waals surface area contributed by atoms with Gasteiger partial charge in [0.25, 0.3) is 0 Å². The van der Waals surface area contributed by atoms with Crippen LogP contribution in [0.3, 0.4) is 0 Å². The zero-order valence-corrected chi connectivity index (χ0v) is 14.1. The first-order valence-corrected chi connectivity index (χ1v) is 7.94. The molecular formula is C14H21BrClN3O. The first kappa shape index (κ1) is 17.3. The normalized spacial score (nSPS) is 12.0. The van der Waals surface area contributed by atoms with Crippen molar-refractivity contribution in [1.82, 2.24) is 10.6 Å². The first-order valence-electron chi connectivity index (χ1n) is 6.71. The molecule has 0 aliphatic carbocycles. The number of aryl methyl sites for hydroxylation is 1. The molecule has 0 heterocycles. The number of halogens is 2. The summed E-state index contributed by atoms with van der Waals surface area (Å²) in [5.74, 6) is 0. The number of hydrogen-bond acceptors (Lipinski definition) is 2. The van der Waals surface area contributed by atoms with Gasteiger partial charge in [-0.25, -0.2) is 4.79 Å². The van der Waals surface area contributed by atoms with Gasteiger partial charge in [-0.05, 0) is 44.0 Å². The summed E-state index contributed by atoms with van der Waals surface area (Å²) in [5.41, 5.74) is 1.84. The number of nitrogens with one attached hydrogen (secondary N) is 3. The molecular weight excluding hydrogens is 342 g/mol. The van der Waals surface area contributed by atoms with Crippen LogP contribution in [0.2, 0.25) is 0 Å². The highest BCUT2D eigenvalue weighted by molar-refractivity contribution is 9.10. The minimum Gasteiger partial charge on any atom is -0.338 e. The van der Waals surface area contributed by atoms with Crippen molar-refractivity contribution in [2.24, 2.45) is 0 Å². The van der Waals surface area contributed by atoms with Crippen molar-refractivity contribution in [3.8, 4) is 0 Å². The van der Waals surface area contributed by atoms with Crippen molar-refractivity contribution < 1.29 is 4.79 Å². The molecule has 4 nitrogen and oxygen atoms in total. The molecule has 1 rings (SSSR count). The Morgan fingerprint density at radius 2 is 2.15 bits per heavy atom. The average molecular weight is 363 g/mol. The number of hydrogen-bond donors (Lipinski definition) is 3. The second kappa shape index (κ2) is 9.21. The van der Waals surface area contributed by atoms with Crippen LogP contribution in [0.1, 0.15) is 25.3 Å². The van der Waals surface area contributed by atoms with Crippen LogP contribution in [0.15, 0.2) is 22.7 Å². The molecule has 1 aromatic carbocycles. The molecule has 0 radical (unpaired) electrons. The molecule has 0 bridgehead atoms. The smallest absolute Gasteiger partial charge is 0.319 e. The number of anilines is 1. The molecule has 0 aliphatic heterocycles. The summed E-state index contributed by atoms with van der Waals surface area (Å²) in [6.45, 7) is 5.38. The summed E-state index contributed by atoms with van der Waals surface area (Å²) in [6, 6.07) is 5.59. The Balaban J connectivity index is 2.25. The van der Waals surface area contributed by atoms with Gasteiger partial charge in [-0.15, -0.1) is 11.6 Å². The van der Waals surface area contributed by atoms with Crippen molar-refractivity contribution in [1.29, 1.82) is 0 Å². The fourth-order valence-electron chi connectivity index (χ4n) is 1.59. The molecule has 2 amide bonds. The van der Waals surface area contributed by atoms with E-state index in [1.54, 1.807) is 0 Å². The molecule has 0 aliphatic rings. The van der Waals surface area contributed by atoms with E-state index in [1.165, 1.54) is 0 Å². The summed E-state index contributed by atoms with van der Waals surface area (Å²) in [5, 5.41) is 8.82. The van der Waals surface area contributed by atoms with E-state index in [2.05, 4.69) is 31.9 Å². The van der Waals surface area contributed by atoms with Gasteiger partial charge in [0.2, 0.25) is 0 Å². The molecule has 0 saturated heterocycles. The van der Waals surface area contributed by atoms with Gasteiger partial charge < -0.3 is 16.0 Å². The van der Waals surface area contributed by atoms with Gasteiger partial charge in [0, 0.05) is 16.7 Å². The van der Waals surface area contributed by atoms with Crippen molar-refractivity contribution in [3.63, 3.8) is 0 Å². The third-order valence-corrected chi connectivity index (χ3v) is 3.77. The van der Waals surface area contributed by atoms with Gasteiger partial charge in [0.1, 0.15) is 0 Å². The van der Waals surface area contributed by atoms with E-state index in [0.717, 1.165) is 35.1 Å². The molecule has 0 aromatic heterocycles. The van der Waals surface area contributed by atoms with Crippen molar-refractivity contribution in [3.05, 3.63) is 28.2 Å². The van der Waals surface area contributed by atoms with Crippen LogP contribution < -0.4 is 16.0 Å². The minimum atomic E-state index is -0.191. The zero-order valence-electron chi connectivity index (χ0n) is 11.8. The third kappa shape index (κ3) is 6.59. The highest BCUT2D eigenvalue weighted by Crippen LogP contribution is 2.20. The summed E-state index contributed by atoms with van der Waals surface area (Å²) < 4.78 is 0.940. The maximum atomic E-state index is 11.7. The molecule has 20 heavy (non-hydrogen) atoms. The summed E-state index contributed by atoms with van der Waals surface area (Å²) in [7, 11) is 0. The van der Waals surface area contributed by atoms with Crippen LogP contribution in [-0.2, 0) is 0 Å². The monoisotopic (exact) mass is 361 g/mol. The average Bonchev–Trinajstić information content (AvgIpc) is 2.42. The molecule has 112 valence electrons. The maximum absolute atomic E-state index is 11.7. The van der Waals surface area contributed by atoms with Gasteiger partial charge in [-0.3, -0.25) is 0 Å². The highest BCUT2D eigenvalue weighted by atomic mass is 79.9. The van der Waals surface area contributed by atoms with Crippen LogP contribution in [-0.4, -0.2) is 24.6 Å². The van der Waals surface area contributed by atoms with E-state index >= 15 is 0 Å². The zero-order chi connectivity index (χ0) is 15.0. The first-order chi connectivity index (χ1) is 9.52. The number of urea groups is 1. The number of alkyl halides is 1. The van der Waals surface area contributed by atoms with E-state index < -0.39 is 0 Å². The van der Waals surface area contributed by atoms with Crippen molar-refractivity contribution >= 4 is 39.2 Å². The van der Waals surface area contributed by atoms with Gasteiger partial charge in [-0.2, -0.15) is 0 Å². The van der Waals surface area contributed by atoms with Crippen LogP contribution in [0.4, 0.5) is 10.5 Å². The van der Waals surface area contributed by atoms with Crippen LogP contribution >= 0.6 is 27.5 Å². The lowest BCUT2D eigenvalue weighted by atomic mass is 10.2. The summed E-state index contributed by atoms with van der Waals surface area (Å²) >= 11 is 9.32. The summed E-state index contributed by atoms with van der Waals surface area (Å²) in [6.07, 6.45) is 1.73. The highest BCUT2D eigenvalue weighted by Gasteiger charge is 2.04. The predicted octanol–water partition coefficient (Wildman–Crippen LogP) is 3.83. The third-order valence-electron chi connectivity index (χ3n) is 2.81. The van der Waals surface area contributed by atoms with E-state index in [-0.39, 0.29) is 11.5 Å². The number of amides is 2. The van der Waals surface area contributed by atoms with Crippen molar-refractivity contribution in [2.45, 2.75) is 32.2 Å². The molecule has 1 unspecified atom stereocenters. The Morgan fingerprint density at radius 3 is 2.85 bits per heavy atom. The van der Waals surface area contributed by atoms with E-state index in [4.69, 9.17) is 11.6 Å². The van der Waals surface area contributed by atoms with Crippen LogP contribution in [0.5, 0.6) is 0 Å². The van der Waals surface area contributed by atoms with Gasteiger partial charge in [0.05, 0.1) is 5.50 Å². The number of carbonyl (C=O) groups excluding carboxylic acids is 1. The Bertz CT molecular complexity index is 442.